The van der Waals surface area contributed by atoms with Crippen LogP contribution in [0, 0.1) is 0 Å². The normalized spacial score (nSPS) is 16.6. The molecule has 3 rings (SSSR count). The van der Waals surface area contributed by atoms with Crippen LogP contribution in [-0.4, -0.2) is 36.8 Å². The molecule has 0 saturated carbocycles. The SMILES string of the molecule is CCOc1ccccc1NC(=O)c1ccc(OC2CCOC2)nc1. The van der Waals surface area contributed by atoms with Gasteiger partial charge in [0.1, 0.15) is 11.9 Å². The number of nitrogens with one attached hydrogen (secondary N) is 1. The number of para-hydroxylation sites is 2. The van der Waals surface area contributed by atoms with Gasteiger partial charge in [0.15, 0.2) is 0 Å². The van der Waals surface area contributed by atoms with Gasteiger partial charge in [0.25, 0.3) is 5.91 Å². The van der Waals surface area contributed by atoms with Crippen molar-refractivity contribution in [3.05, 3.63) is 48.2 Å². The fourth-order valence-electron chi connectivity index (χ4n) is 2.41. The number of aromatic nitrogens is 1. The molecular weight excluding hydrogens is 308 g/mol. The molecule has 1 aliphatic rings. The summed E-state index contributed by atoms with van der Waals surface area (Å²) in [6.07, 6.45) is 2.40. The minimum atomic E-state index is -0.245. The summed E-state index contributed by atoms with van der Waals surface area (Å²) in [6.45, 7) is 3.73. The van der Waals surface area contributed by atoms with Gasteiger partial charge in [0.05, 0.1) is 31.1 Å². The van der Waals surface area contributed by atoms with Crippen molar-refractivity contribution < 1.29 is 19.0 Å². The van der Waals surface area contributed by atoms with E-state index in [4.69, 9.17) is 14.2 Å². The van der Waals surface area contributed by atoms with Gasteiger partial charge in [-0.3, -0.25) is 4.79 Å². The van der Waals surface area contributed by atoms with Gasteiger partial charge in [-0.25, -0.2) is 4.98 Å². The van der Waals surface area contributed by atoms with E-state index in [1.165, 1.54) is 6.20 Å². The van der Waals surface area contributed by atoms with E-state index in [2.05, 4.69) is 10.3 Å². The molecule has 0 bridgehead atoms. The van der Waals surface area contributed by atoms with Gasteiger partial charge in [-0.2, -0.15) is 0 Å². The number of pyridine rings is 1. The van der Waals surface area contributed by atoms with Crippen LogP contribution >= 0.6 is 0 Å². The summed E-state index contributed by atoms with van der Waals surface area (Å²) in [6, 6.07) is 10.7. The van der Waals surface area contributed by atoms with E-state index >= 15 is 0 Å². The summed E-state index contributed by atoms with van der Waals surface area (Å²) in [5.74, 6) is 0.893. The van der Waals surface area contributed by atoms with E-state index in [1.807, 2.05) is 25.1 Å². The van der Waals surface area contributed by atoms with E-state index in [0.29, 0.717) is 42.7 Å². The molecule has 2 heterocycles. The van der Waals surface area contributed by atoms with Crippen LogP contribution in [0.3, 0.4) is 0 Å². The second kappa shape index (κ2) is 7.79. The lowest BCUT2D eigenvalue weighted by atomic mass is 10.2. The Morgan fingerprint density at radius 1 is 1.33 bits per heavy atom. The van der Waals surface area contributed by atoms with Crippen molar-refractivity contribution in [2.45, 2.75) is 19.4 Å². The van der Waals surface area contributed by atoms with Crippen molar-refractivity contribution in [2.75, 3.05) is 25.1 Å². The van der Waals surface area contributed by atoms with Crippen molar-refractivity contribution in [3.63, 3.8) is 0 Å². The molecule has 0 spiro atoms. The summed E-state index contributed by atoms with van der Waals surface area (Å²) in [5.41, 5.74) is 1.09. The zero-order valence-corrected chi connectivity index (χ0v) is 13.5. The molecule has 1 unspecified atom stereocenters. The number of rotatable bonds is 6. The highest BCUT2D eigenvalue weighted by molar-refractivity contribution is 6.04. The molecule has 1 saturated heterocycles. The van der Waals surface area contributed by atoms with E-state index in [9.17, 15) is 4.79 Å². The van der Waals surface area contributed by atoms with E-state index in [-0.39, 0.29) is 12.0 Å². The largest absolute Gasteiger partial charge is 0.492 e. The molecule has 24 heavy (non-hydrogen) atoms. The van der Waals surface area contributed by atoms with Gasteiger partial charge in [0, 0.05) is 18.7 Å². The number of anilines is 1. The highest BCUT2D eigenvalue weighted by Crippen LogP contribution is 2.24. The highest BCUT2D eigenvalue weighted by Gasteiger charge is 2.18. The van der Waals surface area contributed by atoms with Crippen molar-refractivity contribution in [1.29, 1.82) is 0 Å². The molecule has 1 fully saturated rings. The summed E-state index contributed by atoms with van der Waals surface area (Å²) in [7, 11) is 0. The maximum absolute atomic E-state index is 12.4. The first-order valence-corrected chi connectivity index (χ1v) is 8.00. The van der Waals surface area contributed by atoms with Crippen LogP contribution in [0.1, 0.15) is 23.7 Å². The Morgan fingerprint density at radius 2 is 2.21 bits per heavy atom. The van der Waals surface area contributed by atoms with Crippen LogP contribution in [-0.2, 0) is 4.74 Å². The third kappa shape index (κ3) is 4.02. The number of amides is 1. The third-order valence-corrected chi connectivity index (χ3v) is 3.61. The minimum Gasteiger partial charge on any atom is -0.492 e. The average molecular weight is 328 g/mol. The van der Waals surface area contributed by atoms with Crippen LogP contribution in [0.5, 0.6) is 11.6 Å². The third-order valence-electron chi connectivity index (χ3n) is 3.61. The number of hydrogen-bond donors (Lipinski definition) is 1. The van der Waals surface area contributed by atoms with E-state index < -0.39 is 0 Å². The molecule has 1 atom stereocenters. The average Bonchev–Trinajstić information content (AvgIpc) is 3.10. The molecule has 2 aromatic rings. The molecule has 0 radical (unpaired) electrons. The van der Waals surface area contributed by atoms with Crippen LogP contribution in [0.15, 0.2) is 42.6 Å². The molecule has 6 heteroatoms. The quantitative estimate of drug-likeness (QED) is 0.883. The van der Waals surface area contributed by atoms with Crippen LogP contribution in [0.2, 0.25) is 0 Å². The molecular formula is C18H20N2O4. The Labute approximate surface area is 140 Å². The van der Waals surface area contributed by atoms with E-state index in [0.717, 1.165) is 6.42 Å². The fourth-order valence-corrected chi connectivity index (χ4v) is 2.41. The molecule has 0 aliphatic carbocycles. The molecule has 1 amide bonds. The first-order valence-electron chi connectivity index (χ1n) is 8.00. The van der Waals surface area contributed by atoms with Crippen LogP contribution < -0.4 is 14.8 Å². The predicted octanol–water partition coefficient (Wildman–Crippen LogP) is 2.90. The lowest BCUT2D eigenvalue weighted by molar-refractivity contribution is 0.102. The van der Waals surface area contributed by atoms with Crippen molar-refractivity contribution in [2.24, 2.45) is 0 Å². The fraction of sp³-hybridized carbons (Fsp3) is 0.333. The number of benzene rings is 1. The topological polar surface area (TPSA) is 69.7 Å². The zero-order valence-electron chi connectivity index (χ0n) is 13.5. The number of ether oxygens (including phenoxy) is 3. The zero-order chi connectivity index (χ0) is 16.8. The predicted molar refractivity (Wildman–Crippen MR) is 89.7 cm³/mol. The number of nitrogens with zero attached hydrogens (tertiary/aromatic N) is 1. The van der Waals surface area contributed by atoms with Gasteiger partial charge in [0.2, 0.25) is 5.88 Å². The van der Waals surface area contributed by atoms with Gasteiger partial charge < -0.3 is 19.5 Å². The Bertz CT molecular complexity index is 682. The van der Waals surface area contributed by atoms with Crippen LogP contribution in [0.4, 0.5) is 5.69 Å². The second-order valence-corrected chi connectivity index (χ2v) is 5.37. The monoisotopic (exact) mass is 328 g/mol. The first-order chi connectivity index (χ1) is 11.8. The van der Waals surface area contributed by atoms with Crippen LogP contribution in [0.25, 0.3) is 0 Å². The van der Waals surface area contributed by atoms with Gasteiger partial charge >= 0.3 is 0 Å². The summed E-state index contributed by atoms with van der Waals surface area (Å²) < 4.78 is 16.5. The molecule has 1 aromatic carbocycles. The Balaban J connectivity index is 1.64. The molecule has 6 nitrogen and oxygen atoms in total. The number of carbonyl (C=O) groups excluding carboxylic acids is 1. The Kier molecular flexibility index (Phi) is 5.28. The smallest absolute Gasteiger partial charge is 0.257 e. The summed E-state index contributed by atoms with van der Waals surface area (Å²) in [4.78, 5) is 16.6. The van der Waals surface area contributed by atoms with Gasteiger partial charge in [-0.1, -0.05) is 12.1 Å². The molecule has 1 aromatic heterocycles. The molecule has 1 aliphatic heterocycles. The summed E-state index contributed by atoms with van der Waals surface area (Å²) in [5, 5.41) is 2.84. The molecule has 126 valence electrons. The maximum atomic E-state index is 12.4. The lowest BCUT2D eigenvalue weighted by Crippen LogP contribution is -2.17. The van der Waals surface area contributed by atoms with Gasteiger partial charge in [-0.15, -0.1) is 0 Å². The maximum Gasteiger partial charge on any atom is 0.257 e. The number of carbonyl (C=O) groups is 1. The van der Waals surface area contributed by atoms with Crippen molar-refractivity contribution in [3.8, 4) is 11.6 Å². The van der Waals surface area contributed by atoms with E-state index in [1.54, 1.807) is 18.2 Å². The Hall–Kier alpha value is -2.60. The van der Waals surface area contributed by atoms with Crippen molar-refractivity contribution in [1.82, 2.24) is 4.98 Å². The highest BCUT2D eigenvalue weighted by atomic mass is 16.5. The number of hydrogen-bond acceptors (Lipinski definition) is 5. The van der Waals surface area contributed by atoms with Gasteiger partial charge in [-0.05, 0) is 25.1 Å². The minimum absolute atomic E-state index is 0.0373. The van der Waals surface area contributed by atoms with Crippen molar-refractivity contribution >= 4 is 11.6 Å². The second-order valence-electron chi connectivity index (χ2n) is 5.37. The molecule has 1 N–H and O–H groups in total. The standard InChI is InChI=1S/C18H20N2O4/c1-2-23-16-6-4-3-5-15(16)20-18(21)13-7-8-17(19-11-13)24-14-9-10-22-12-14/h3-8,11,14H,2,9-10,12H2,1H3,(H,20,21). The first kappa shape index (κ1) is 16.3. The summed E-state index contributed by atoms with van der Waals surface area (Å²) >= 11 is 0. The lowest BCUT2D eigenvalue weighted by Gasteiger charge is -2.12. The Morgan fingerprint density at radius 3 is 2.92 bits per heavy atom.